The predicted octanol–water partition coefficient (Wildman–Crippen LogP) is 4.24. The van der Waals surface area contributed by atoms with Gasteiger partial charge in [-0.1, -0.05) is 29.8 Å². The fourth-order valence-corrected chi connectivity index (χ4v) is 6.89. The summed E-state index contributed by atoms with van der Waals surface area (Å²) in [5.41, 5.74) is 2.29. The first-order valence-corrected chi connectivity index (χ1v) is 13.2. The van der Waals surface area contributed by atoms with E-state index in [1.165, 1.54) is 11.8 Å². The maximum atomic E-state index is 14.2. The van der Waals surface area contributed by atoms with Gasteiger partial charge in [0.15, 0.2) is 0 Å². The van der Waals surface area contributed by atoms with Crippen molar-refractivity contribution in [2.24, 2.45) is 5.92 Å². The highest BCUT2D eigenvalue weighted by atomic mass is 35.5. The molecular formula is C26H28ClN3O4S. The summed E-state index contributed by atoms with van der Waals surface area (Å²) < 4.78 is 5.19. The molecule has 2 fully saturated rings. The molecule has 9 heteroatoms. The van der Waals surface area contributed by atoms with Gasteiger partial charge in [-0.25, -0.2) is 0 Å². The van der Waals surface area contributed by atoms with E-state index in [1.807, 2.05) is 38.1 Å². The summed E-state index contributed by atoms with van der Waals surface area (Å²) in [6, 6.07) is 14.8. The SMILES string of the molecule is CCOC(=O)C1CCN(CN2C(=O)[C@]3(S[C@@H](C)C(=O)N3c3ccc(Cl)cc3)c3ccccc32)CC1. The van der Waals surface area contributed by atoms with E-state index < -0.39 is 4.87 Å². The van der Waals surface area contributed by atoms with Gasteiger partial charge in [0, 0.05) is 29.4 Å². The highest BCUT2D eigenvalue weighted by Gasteiger charge is 2.63. The fourth-order valence-electron chi connectivity index (χ4n) is 5.24. The summed E-state index contributed by atoms with van der Waals surface area (Å²) in [5.74, 6) is -0.452. The standard InChI is InChI=1S/C26H28ClN3O4S/c1-3-34-24(32)18-12-14-28(15-13-18)16-29-22-7-5-4-6-21(22)26(25(29)33)30(23(31)17(2)35-26)20-10-8-19(27)9-11-20/h4-11,17-18H,3,12-16H2,1-2H3/t17-,26+/m0/s1. The van der Waals surface area contributed by atoms with Crippen LogP contribution in [0.2, 0.25) is 5.02 Å². The number of hydrogen-bond donors (Lipinski definition) is 0. The van der Waals surface area contributed by atoms with Crippen LogP contribution in [0.4, 0.5) is 11.4 Å². The Morgan fingerprint density at radius 2 is 1.80 bits per heavy atom. The highest BCUT2D eigenvalue weighted by molar-refractivity contribution is 8.03. The smallest absolute Gasteiger partial charge is 0.309 e. The first-order chi connectivity index (χ1) is 16.9. The molecule has 184 valence electrons. The van der Waals surface area contributed by atoms with E-state index in [1.54, 1.807) is 34.1 Å². The average molecular weight is 514 g/mol. The van der Waals surface area contributed by atoms with Crippen LogP contribution in [-0.4, -0.2) is 54.3 Å². The Kier molecular flexibility index (Phi) is 6.55. The Morgan fingerprint density at radius 1 is 1.11 bits per heavy atom. The topological polar surface area (TPSA) is 70.2 Å². The Hall–Kier alpha value is -2.55. The van der Waals surface area contributed by atoms with E-state index in [2.05, 4.69) is 4.90 Å². The molecule has 2 aromatic rings. The Labute approximate surface area is 214 Å². The lowest BCUT2D eigenvalue weighted by molar-refractivity contribution is -0.149. The van der Waals surface area contributed by atoms with Gasteiger partial charge in [0.2, 0.25) is 10.8 Å². The number of fused-ring (bicyclic) bond motifs is 2. The zero-order valence-corrected chi connectivity index (χ0v) is 21.3. The summed E-state index contributed by atoms with van der Waals surface area (Å²) in [4.78, 5) is 44.3. The summed E-state index contributed by atoms with van der Waals surface area (Å²) in [6.45, 7) is 5.87. The minimum Gasteiger partial charge on any atom is -0.466 e. The molecule has 2 atom stereocenters. The molecule has 7 nitrogen and oxygen atoms in total. The van der Waals surface area contributed by atoms with E-state index in [0.717, 1.165) is 11.3 Å². The van der Waals surface area contributed by atoms with Crippen LogP contribution in [0.1, 0.15) is 32.3 Å². The molecule has 5 rings (SSSR count). The number of carbonyl (C=O) groups excluding carboxylic acids is 3. The molecule has 0 saturated carbocycles. The summed E-state index contributed by atoms with van der Waals surface area (Å²) in [6.07, 6.45) is 1.41. The van der Waals surface area contributed by atoms with Gasteiger partial charge in [0.1, 0.15) is 0 Å². The monoisotopic (exact) mass is 513 g/mol. The summed E-state index contributed by atoms with van der Waals surface area (Å²) >= 11 is 7.49. The van der Waals surface area contributed by atoms with Crippen molar-refractivity contribution in [1.29, 1.82) is 0 Å². The fraction of sp³-hybridized carbons (Fsp3) is 0.423. The Morgan fingerprint density at radius 3 is 2.49 bits per heavy atom. The van der Waals surface area contributed by atoms with Gasteiger partial charge < -0.3 is 4.74 Å². The van der Waals surface area contributed by atoms with Gasteiger partial charge in [0.05, 0.1) is 30.1 Å². The van der Waals surface area contributed by atoms with E-state index >= 15 is 0 Å². The Bertz CT molecular complexity index is 1150. The molecule has 2 saturated heterocycles. The van der Waals surface area contributed by atoms with Crippen molar-refractivity contribution in [1.82, 2.24) is 4.90 Å². The number of nitrogens with zero attached hydrogens (tertiary/aromatic N) is 3. The Balaban J connectivity index is 1.45. The van der Waals surface area contributed by atoms with Crippen molar-refractivity contribution in [3.05, 3.63) is 59.1 Å². The van der Waals surface area contributed by atoms with Crippen molar-refractivity contribution < 1.29 is 19.1 Å². The van der Waals surface area contributed by atoms with Crippen LogP contribution in [0.5, 0.6) is 0 Å². The van der Waals surface area contributed by atoms with Gasteiger partial charge in [-0.05, 0) is 57.0 Å². The van der Waals surface area contributed by atoms with E-state index in [9.17, 15) is 14.4 Å². The number of thioether (sulfide) groups is 1. The van der Waals surface area contributed by atoms with Crippen LogP contribution >= 0.6 is 23.4 Å². The quantitative estimate of drug-likeness (QED) is 0.557. The molecule has 35 heavy (non-hydrogen) atoms. The van der Waals surface area contributed by atoms with Crippen LogP contribution in [0.3, 0.4) is 0 Å². The van der Waals surface area contributed by atoms with Gasteiger partial charge in [-0.3, -0.25) is 29.1 Å². The summed E-state index contributed by atoms with van der Waals surface area (Å²) in [7, 11) is 0. The van der Waals surface area contributed by atoms with Gasteiger partial charge in [-0.2, -0.15) is 0 Å². The third-order valence-corrected chi connectivity index (χ3v) is 8.68. The maximum Gasteiger partial charge on any atom is 0.309 e. The van der Waals surface area contributed by atoms with E-state index in [0.29, 0.717) is 49.9 Å². The molecule has 2 amide bonds. The van der Waals surface area contributed by atoms with E-state index in [-0.39, 0.29) is 29.0 Å². The van der Waals surface area contributed by atoms with Crippen molar-refractivity contribution in [2.45, 2.75) is 36.8 Å². The number of para-hydroxylation sites is 1. The number of halogens is 1. The molecule has 3 heterocycles. The number of hydrogen-bond acceptors (Lipinski definition) is 6. The minimum atomic E-state index is -1.16. The maximum absolute atomic E-state index is 14.2. The number of benzene rings is 2. The number of rotatable bonds is 5. The van der Waals surface area contributed by atoms with Gasteiger partial charge >= 0.3 is 5.97 Å². The molecule has 1 spiro atoms. The first-order valence-electron chi connectivity index (χ1n) is 11.9. The highest BCUT2D eigenvalue weighted by Crippen LogP contribution is 2.57. The molecule has 0 bridgehead atoms. The molecule has 2 aromatic carbocycles. The molecule has 0 aliphatic carbocycles. The summed E-state index contributed by atoms with van der Waals surface area (Å²) in [5, 5.41) is 0.198. The third kappa shape index (κ3) is 4.01. The average Bonchev–Trinajstić information content (AvgIpc) is 3.26. The van der Waals surface area contributed by atoms with Crippen molar-refractivity contribution in [3.8, 4) is 0 Å². The molecule has 0 unspecified atom stereocenters. The second-order valence-electron chi connectivity index (χ2n) is 9.09. The molecule has 0 N–H and O–H groups in total. The second kappa shape index (κ2) is 9.48. The van der Waals surface area contributed by atoms with E-state index in [4.69, 9.17) is 16.3 Å². The van der Waals surface area contributed by atoms with Crippen LogP contribution in [0, 0.1) is 5.92 Å². The zero-order chi connectivity index (χ0) is 24.7. The lowest BCUT2D eigenvalue weighted by Crippen LogP contribution is -2.52. The van der Waals surface area contributed by atoms with Crippen LogP contribution in [0.15, 0.2) is 48.5 Å². The van der Waals surface area contributed by atoms with Crippen LogP contribution < -0.4 is 9.80 Å². The van der Waals surface area contributed by atoms with Crippen molar-refractivity contribution in [2.75, 3.05) is 36.2 Å². The first kappa shape index (κ1) is 24.2. The largest absolute Gasteiger partial charge is 0.466 e. The van der Waals surface area contributed by atoms with Crippen LogP contribution in [0.25, 0.3) is 0 Å². The number of anilines is 2. The lowest BCUT2D eigenvalue weighted by Gasteiger charge is -2.36. The van der Waals surface area contributed by atoms with Gasteiger partial charge in [-0.15, -0.1) is 11.8 Å². The van der Waals surface area contributed by atoms with Crippen LogP contribution in [-0.2, 0) is 24.0 Å². The lowest BCUT2D eigenvalue weighted by atomic mass is 9.97. The predicted molar refractivity (Wildman–Crippen MR) is 137 cm³/mol. The number of esters is 1. The molecule has 0 radical (unpaired) electrons. The third-order valence-electron chi connectivity index (χ3n) is 6.96. The minimum absolute atomic E-state index is 0.0941. The molecular weight excluding hydrogens is 486 g/mol. The number of piperidine rings is 1. The number of carbonyl (C=O) groups is 3. The second-order valence-corrected chi connectivity index (χ2v) is 11.1. The van der Waals surface area contributed by atoms with Gasteiger partial charge in [0.25, 0.3) is 5.91 Å². The van der Waals surface area contributed by atoms with Crippen molar-refractivity contribution in [3.63, 3.8) is 0 Å². The molecule has 3 aliphatic heterocycles. The molecule has 0 aromatic heterocycles. The number of amides is 2. The number of likely N-dealkylation sites (tertiary alicyclic amines) is 1. The van der Waals surface area contributed by atoms with Crippen molar-refractivity contribution >= 4 is 52.5 Å². The normalized spacial score (nSPS) is 24.9. The molecule has 3 aliphatic rings. The number of ether oxygens (including phenoxy) is 1. The zero-order valence-electron chi connectivity index (χ0n) is 19.8.